The summed E-state index contributed by atoms with van der Waals surface area (Å²) in [5.74, 6) is -0.314. The van der Waals surface area contributed by atoms with Crippen LogP contribution in [0.2, 0.25) is 0 Å². The van der Waals surface area contributed by atoms with E-state index < -0.39 is 10.0 Å². The Morgan fingerprint density at radius 3 is 2.37 bits per heavy atom. The Morgan fingerprint density at radius 2 is 1.74 bits per heavy atom. The number of sulfonamides is 1. The first kappa shape index (κ1) is 25.1. The standard InChI is InChI=1S/C25H29N5O3S2/c1-4-12-30(13-5-2)35(32,33)21-9-6-19(7-10-21)24(31)26-20-8-11-22-23(18-20)34-25(27-22)29-16-14-28(3)15-17-29/h4-11,18H,1-2,12-17H2,3H3,(H,26,31). The Morgan fingerprint density at radius 1 is 1.09 bits per heavy atom. The van der Waals surface area contributed by atoms with E-state index in [4.69, 9.17) is 4.98 Å². The summed E-state index contributed by atoms with van der Waals surface area (Å²) in [4.78, 5) is 22.3. The number of fused-ring (bicyclic) bond motifs is 1. The lowest BCUT2D eigenvalue weighted by atomic mass is 10.2. The van der Waals surface area contributed by atoms with Crippen LogP contribution in [-0.2, 0) is 10.0 Å². The predicted octanol–water partition coefficient (Wildman–Crippen LogP) is 3.66. The molecule has 1 saturated heterocycles. The van der Waals surface area contributed by atoms with E-state index in [-0.39, 0.29) is 23.9 Å². The summed E-state index contributed by atoms with van der Waals surface area (Å²) in [5.41, 5.74) is 1.93. The largest absolute Gasteiger partial charge is 0.345 e. The molecule has 1 aliphatic rings. The van der Waals surface area contributed by atoms with Crippen molar-refractivity contribution in [3.05, 3.63) is 73.3 Å². The molecule has 8 nitrogen and oxygen atoms in total. The van der Waals surface area contributed by atoms with Crippen LogP contribution in [0.1, 0.15) is 10.4 Å². The summed E-state index contributed by atoms with van der Waals surface area (Å²) in [5, 5.41) is 3.90. The molecule has 4 rings (SSSR count). The average Bonchev–Trinajstić information content (AvgIpc) is 3.28. The number of piperazine rings is 1. The van der Waals surface area contributed by atoms with Gasteiger partial charge in [-0.2, -0.15) is 4.31 Å². The molecule has 10 heteroatoms. The maximum atomic E-state index is 12.9. The summed E-state index contributed by atoms with van der Waals surface area (Å²) >= 11 is 1.62. The van der Waals surface area contributed by atoms with Gasteiger partial charge in [-0.05, 0) is 49.5 Å². The van der Waals surface area contributed by atoms with Crippen molar-refractivity contribution in [3.8, 4) is 0 Å². The number of anilines is 2. The van der Waals surface area contributed by atoms with Crippen LogP contribution in [0.3, 0.4) is 0 Å². The molecule has 1 N–H and O–H groups in total. The summed E-state index contributed by atoms with van der Waals surface area (Å²) < 4.78 is 28.0. The van der Waals surface area contributed by atoms with Crippen LogP contribution in [0.15, 0.2) is 72.7 Å². The molecule has 0 spiro atoms. The van der Waals surface area contributed by atoms with Gasteiger partial charge in [0.25, 0.3) is 5.91 Å². The number of rotatable bonds is 9. The summed E-state index contributed by atoms with van der Waals surface area (Å²) in [6.45, 7) is 11.5. The molecular weight excluding hydrogens is 482 g/mol. The Balaban J connectivity index is 1.47. The lowest BCUT2D eigenvalue weighted by molar-refractivity contribution is 0.102. The van der Waals surface area contributed by atoms with E-state index in [1.165, 1.54) is 40.7 Å². The lowest BCUT2D eigenvalue weighted by Gasteiger charge is -2.31. The smallest absolute Gasteiger partial charge is 0.255 e. The highest BCUT2D eigenvalue weighted by molar-refractivity contribution is 7.89. The van der Waals surface area contributed by atoms with Gasteiger partial charge < -0.3 is 15.1 Å². The highest BCUT2D eigenvalue weighted by Gasteiger charge is 2.23. The van der Waals surface area contributed by atoms with Crippen LogP contribution in [0.4, 0.5) is 10.8 Å². The number of likely N-dealkylation sites (N-methyl/N-ethyl adjacent to an activating group) is 1. The third kappa shape index (κ3) is 5.62. The van der Waals surface area contributed by atoms with Crippen molar-refractivity contribution < 1.29 is 13.2 Å². The Hall–Kier alpha value is -3.05. The average molecular weight is 512 g/mol. The molecule has 1 fully saturated rings. The molecule has 1 aliphatic heterocycles. The number of benzene rings is 2. The van der Waals surface area contributed by atoms with E-state index >= 15 is 0 Å². The number of nitrogens with one attached hydrogen (secondary N) is 1. The number of carbonyl (C=O) groups excluding carboxylic acids is 1. The maximum absolute atomic E-state index is 12.9. The van der Waals surface area contributed by atoms with Gasteiger partial charge in [-0.1, -0.05) is 23.5 Å². The quantitative estimate of drug-likeness (QED) is 0.442. The van der Waals surface area contributed by atoms with Crippen LogP contribution in [0.25, 0.3) is 10.2 Å². The van der Waals surface area contributed by atoms with Gasteiger partial charge >= 0.3 is 0 Å². The molecule has 1 amide bonds. The predicted molar refractivity (Wildman–Crippen MR) is 143 cm³/mol. The van der Waals surface area contributed by atoms with Crippen molar-refractivity contribution >= 4 is 48.3 Å². The minimum atomic E-state index is -3.71. The van der Waals surface area contributed by atoms with Gasteiger partial charge in [-0.3, -0.25) is 4.79 Å². The molecule has 3 aromatic rings. The second-order valence-electron chi connectivity index (χ2n) is 8.35. The van der Waals surface area contributed by atoms with Gasteiger partial charge in [0, 0.05) is 50.5 Å². The zero-order valence-corrected chi connectivity index (χ0v) is 21.3. The van der Waals surface area contributed by atoms with E-state index in [9.17, 15) is 13.2 Å². The van der Waals surface area contributed by atoms with Gasteiger partial charge in [-0.25, -0.2) is 13.4 Å². The second-order valence-corrected chi connectivity index (χ2v) is 11.3. The summed E-state index contributed by atoms with van der Waals surface area (Å²) in [6.07, 6.45) is 3.05. The molecule has 0 bridgehead atoms. The third-order valence-corrected chi connectivity index (χ3v) is 8.75. The van der Waals surface area contributed by atoms with Gasteiger partial charge in [0.05, 0.1) is 15.1 Å². The van der Waals surface area contributed by atoms with Gasteiger partial charge in [0.1, 0.15) is 0 Å². The Kier molecular flexibility index (Phi) is 7.66. The number of hydrogen-bond donors (Lipinski definition) is 1. The third-order valence-electron chi connectivity index (χ3n) is 5.83. The molecule has 0 aliphatic carbocycles. The second kappa shape index (κ2) is 10.7. The normalized spacial score (nSPS) is 14.9. The lowest BCUT2D eigenvalue weighted by Crippen LogP contribution is -2.44. The monoisotopic (exact) mass is 511 g/mol. The van der Waals surface area contributed by atoms with E-state index in [1.54, 1.807) is 11.3 Å². The minimum absolute atomic E-state index is 0.111. The van der Waals surface area contributed by atoms with Crippen LogP contribution in [0, 0.1) is 0 Å². The van der Waals surface area contributed by atoms with Crippen molar-refractivity contribution in [1.82, 2.24) is 14.2 Å². The number of hydrogen-bond acceptors (Lipinski definition) is 7. The van der Waals surface area contributed by atoms with Crippen molar-refractivity contribution in [1.29, 1.82) is 0 Å². The Labute approximate surface area is 210 Å². The molecular formula is C25H29N5O3S2. The van der Waals surface area contributed by atoms with E-state index in [2.05, 4.69) is 35.3 Å². The molecule has 0 radical (unpaired) electrons. The van der Waals surface area contributed by atoms with Crippen LogP contribution in [-0.4, -0.2) is 74.8 Å². The van der Waals surface area contributed by atoms with Gasteiger partial charge in [0.15, 0.2) is 5.13 Å². The van der Waals surface area contributed by atoms with Gasteiger partial charge in [-0.15, -0.1) is 13.2 Å². The molecule has 0 saturated carbocycles. The molecule has 0 unspecified atom stereocenters. The fraction of sp³-hybridized carbons (Fsp3) is 0.280. The van der Waals surface area contributed by atoms with Crippen LogP contribution in [0.5, 0.6) is 0 Å². The summed E-state index contributed by atoms with van der Waals surface area (Å²) in [7, 11) is -1.59. The number of nitrogens with zero attached hydrogens (tertiary/aromatic N) is 4. The van der Waals surface area contributed by atoms with Crippen molar-refractivity contribution in [2.24, 2.45) is 0 Å². The molecule has 35 heavy (non-hydrogen) atoms. The first-order valence-corrected chi connectivity index (χ1v) is 13.5. The SMILES string of the molecule is C=CCN(CC=C)S(=O)(=O)c1ccc(C(=O)Nc2ccc3nc(N4CCN(C)CC4)sc3c2)cc1. The number of carbonyl (C=O) groups is 1. The highest BCUT2D eigenvalue weighted by Crippen LogP contribution is 2.31. The zero-order valence-electron chi connectivity index (χ0n) is 19.7. The molecule has 2 aromatic carbocycles. The zero-order chi connectivity index (χ0) is 25.0. The number of thiazole rings is 1. The van der Waals surface area contributed by atoms with Crippen molar-refractivity contribution in [2.75, 3.05) is 56.5 Å². The van der Waals surface area contributed by atoms with E-state index in [1.807, 2.05) is 18.2 Å². The van der Waals surface area contributed by atoms with Crippen LogP contribution < -0.4 is 10.2 Å². The van der Waals surface area contributed by atoms with Gasteiger partial charge in [0.2, 0.25) is 10.0 Å². The van der Waals surface area contributed by atoms with E-state index in [0.717, 1.165) is 41.5 Å². The Bertz CT molecular complexity index is 1320. The molecule has 184 valence electrons. The number of aromatic nitrogens is 1. The van der Waals surface area contributed by atoms with E-state index in [0.29, 0.717) is 11.3 Å². The maximum Gasteiger partial charge on any atom is 0.255 e. The molecule has 1 aromatic heterocycles. The van der Waals surface area contributed by atoms with Crippen LogP contribution >= 0.6 is 11.3 Å². The number of amides is 1. The first-order chi connectivity index (χ1) is 16.8. The summed E-state index contributed by atoms with van der Waals surface area (Å²) in [6, 6.07) is 11.6. The van der Waals surface area contributed by atoms with Crippen molar-refractivity contribution in [3.63, 3.8) is 0 Å². The first-order valence-electron chi connectivity index (χ1n) is 11.3. The molecule has 0 atom stereocenters. The molecule has 2 heterocycles. The minimum Gasteiger partial charge on any atom is -0.345 e. The fourth-order valence-electron chi connectivity index (χ4n) is 3.81. The van der Waals surface area contributed by atoms with Crippen molar-refractivity contribution in [2.45, 2.75) is 4.90 Å². The highest BCUT2D eigenvalue weighted by atomic mass is 32.2. The fourth-order valence-corrected chi connectivity index (χ4v) is 6.25. The topological polar surface area (TPSA) is 85.8 Å².